The number of aromatic nitrogens is 8. The SMILES string of the molecule is C=C(c1cccc(C)n1)N1CCCC[C@H]1c1cn2nc(Cl)ccc2n1.Cc1cccc(C(=O)O)n1.Clc1ccc2nc([C@@H]3CCCCN3)cn2n1. The van der Waals surface area contributed by atoms with Gasteiger partial charge in [0.1, 0.15) is 16.0 Å². The van der Waals surface area contributed by atoms with Gasteiger partial charge in [-0.3, -0.25) is 4.98 Å². The van der Waals surface area contributed by atoms with E-state index < -0.39 is 5.97 Å². The van der Waals surface area contributed by atoms with Crippen LogP contribution in [0.5, 0.6) is 0 Å². The predicted molar refractivity (Wildman–Crippen MR) is 198 cm³/mol. The van der Waals surface area contributed by atoms with Crippen LogP contribution in [-0.4, -0.2) is 68.2 Å². The number of fused-ring (bicyclic) bond motifs is 2. The molecule has 0 saturated carbocycles. The number of carboxylic acids is 1. The average Bonchev–Trinajstić information content (AvgIpc) is 3.76. The molecule has 0 unspecified atom stereocenters. The Labute approximate surface area is 306 Å². The second kappa shape index (κ2) is 16.4. The number of nitrogens with one attached hydrogen (secondary N) is 1. The van der Waals surface area contributed by atoms with E-state index in [-0.39, 0.29) is 11.7 Å². The van der Waals surface area contributed by atoms with Gasteiger partial charge in [-0.1, -0.05) is 48.3 Å². The highest BCUT2D eigenvalue weighted by Gasteiger charge is 2.28. The van der Waals surface area contributed by atoms with Gasteiger partial charge in [0, 0.05) is 17.9 Å². The third-order valence-electron chi connectivity index (χ3n) is 8.76. The van der Waals surface area contributed by atoms with Crippen LogP contribution in [0.25, 0.3) is 17.0 Å². The summed E-state index contributed by atoms with van der Waals surface area (Å²) in [6.45, 7) is 10.1. The lowest BCUT2D eigenvalue weighted by Crippen LogP contribution is -2.32. The molecule has 6 aromatic rings. The second-order valence-corrected chi connectivity index (χ2v) is 13.3. The van der Waals surface area contributed by atoms with Gasteiger partial charge in [-0.25, -0.2) is 28.8 Å². The monoisotopic (exact) mass is 726 g/mol. The molecule has 0 amide bonds. The van der Waals surface area contributed by atoms with Crippen LogP contribution >= 0.6 is 23.2 Å². The molecule has 264 valence electrons. The van der Waals surface area contributed by atoms with Gasteiger partial charge in [-0.2, -0.15) is 10.2 Å². The second-order valence-electron chi connectivity index (χ2n) is 12.5. The molecule has 2 saturated heterocycles. The molecule has 2 aliphatic heterocycles. The van der Waals surface area contributed by atoms with Gasteiger partial charge in [-0.05, 0) is 101 Å². The number of nitrogens with zero attached hydrogens (tertiary/aromatic N) is 9. The number of aromatic carboxylic acids is 1. The summed E-state index contributed by atoms with van der Waals surface area (Å²) in [5.41, 5.74) is 7.43. The van der Waals surface area contributed by atoms with E-state index >= 15 is 0 Å². The number of carbonyl (C=O) groups is 1. The molecule has 14 heteroatoms. The Hall–Kier alpha value is -4.91. The molecule has 51 heavy (non-hydrogen) atoms. The summed E-state index contributed by atoms with van der Waals surface area (Å²) < 4.78 is 3.49. The molecule has 0 bridgehead atoms. The van der Waals surface area contributed by atoms with Crippen molar-refractivity contribution in [2.45, 2.75) is 64.5 Å². The van der Waals surface area contributed by atoms with E-state index in [2.05, 4.69) is 41.9 Å². The van der Waals surface area contributed by atoms with E-state index in [1.54, 1.807) is 40.2 Å². The fourth-order valence-electron chi connectivity index (χ4n) is 6.26. The Morgan fingerprint density at radius 3 is 1.94 bits per heavy atom. The number of carboxylic acid groups (broad SMARTS) is 1. The van der Waals surface area contributed by atoms with Gasteiger partial charge in [0.15, 0.2) is 11.3 Å². The Morgan fingerprint density at radius 2 is 1.35 bits per heavy atom. The smallest absolute Gasteiger partial charge is 0.354 e. The van der Waals surface area contributed by atoms with Gasteiger partial charge < -0.3 is 15.3 Å². The van der Waals surface area contributed by atoms with Crippen LogP contribution in [0, 0.1) is 13.8 Å². The number of likely N-dealkylation sites (tertiary alicyclic amines) is 1. The summed E-state index contributed by atoms with van der Waals surface area (Å²) in [6, 6.07) is 18.8. The summed E-state index contributed by atoms with van der Waals surface area (Å²) in [7, 11) is 0. The minimum atomic E-state index is -0.983. The Kier molecular flexibility index (Phi) is 11.5. The number of pyridine rings is 2. The Balaban J connectivity index is 0.000000147. The third-order valence-corrected chi connectivity index (χ3v) is 9.17. The van der Waals surface area contributed by atoms with Crippen molar-refractivity contribution in [1.82, 2.24) is 49.4 Å². The molecule has 2 atom stereocenters. The number of hydrogen-bond donors (Lipinski definition) is 2. The molecule has 2 aliphatic rings. The van der Waals surface area contributed by atoms with E-state index in [4.69, 9.17) is 33.3 Å². The molecule has 8 heterocycles. The van der Waals surface area contributed by atoms with E-state index in [1.807, 2.05) is 49.6 Å². The number of aryl methyl sites for hydroxylation is 2. The zero-order valence-corrected chi connectivity index (χ0v) is 30.1. The number of halogens is 2. The minimum absolute atomic E-state index is 0.0972. The summed E-state index contributed by atoms with van der Waals surface area (Å²) in [5.74, 6) is -0.983. The standard InChI is InChI=1S/C19H20ClN5.C11H13ClN4.C7H7NO2/c1-13-6-5-7-15(21-13)14(2)24-11-4-3-8-17(24)16-12-25-19(22-16)10-9-18(20)23-25;12-10-4-5-11-14-9(7-16(11)15-10)8-3-1-2-6-13-8;1-5-3-2-4-6(8-5)7(9)10/h5-7,9-10,12,17H,2-4,8,11H2,1H3;4-5,7-8,13H,1-3,6H2;2-4H,1H3,(H,9,10)/t17-;8-;/m00./s1. The molecule has 0 aromatic carbocycles. The highest BCUT2D eigenvalue weighted by atomic mass is 35.5. The first kappa shape index (κ1) is 35.9. The Morgan fingerprint density at radius 1 is 0.765 bits per heavy atom. The van der Waals surface area contributed by atoms with Gasteiger partial charge in [0.25, 0.3) is 0 Å². The molecular formula is C37H40Cl2N10O2. The van der Waals surface area contributed by atoms with Crippen LogP contribution in [0.15, 0.2) is 79.6 Å². The van der Waals surface area contributed by atoms with E-state index in [0.717, 1.165) is 77.8 Å². The molecule has 12 nitrogen and oxygen atoms in total. The van der Waals surface area contributed by atoms with Crippen molar-refractivity contribution in [1.29, 1.82) is 0 Å². The topological polar surface area (TPSA) is 139 Å². The van der Waals surface area contributed by atoms with Crippen LogP contribution in [0.1, 0.15) is 89.6 Å². The van der Waals surface area contributed by atoms with Gasteiger partial charge in [0.05, 0.1) is 47.3 Å². The fourth-order valence-corrected chi connectivity index (χ4v) is 6.55. The van der Waals surface area contributed by atoms with Crippen molar-refractivity contribution in [2.24, 2.45) is 0 Å². The quantitative estimate of drug-likeness (QED) is 0.183. The van der Waals surface area contributed by atoms with E-state index in [0.29, 0.717) is 16.3 Å². The van der Waals surface area contributed by atoms with E-state index in [1.165, 1.54) is 25.3 Å². The summed E-state index contributed by atoms with van der Waals surface area (Å²) in [5, 5.41) is 21.4. The summed E-state index contributed by atoms with van der Waals surface area (Å²) >= 11 is 11.8. The predicted octanol–water partition coefficient (Wildman–Crippen LogP) is 7.57. The van der Waals surface area contributed by atoms with Crippen LogP contribution in [0.4, 0.5) is 0 Å². The van der Waals surface area contributed by atoms with Crippen molar-refractivity contribution in [3.8, 4) is 0 Å². The fraction of sp³-hybridized carbons (Fsp3) is 0.324. The maximum atomic E-state index is 10.3. The maximum absolute atomic E-state index is 10.3. The highest BCUT2D eigenvalue weighted by Crippen LogP contribution is 2.35. The van der Waals surface area contributed by atoms with Gasteiger partial charge in [-0.15, -0.1) is 0 Å². The number of imidazole rings is 2. The molecule has 0 radical (unpaired) electrons. The van der Waals surface area contributed by atoms with Crippen molar-refractivity contribution in [3.05, 3.63) is 124 Å². The zero-order chi connectivity index (χ0) is 35.9. The average molecular weight is 728 g/mol. The van der Waals surface area contributed by atoms with Gasteiger partial charge in [0.2, 0.25) is 0 Å². The summed E-state index contributed by atoms with van der Waals surface area (Å²) in [4.78, 5) is 30.3. The lowest BCUT2D eigenvalue weighted by Gasteiger charge is -2.37. The van der Waals surface area contributed by atoms with Crippen molar-refractivity contribution >= 4 is 46.2 Å². The highest BCUT2D eigenvalue weighted by molar-refractivity contribution is 6.29. The van der Waals surface area contributed by atoms with Crippen molar-refractivity contribution in [3.63, 3.8) is 0 Å². The molecule has 8 rings (SSSR count). The third kappa shape index (κ3) is 9.07. The van der Waals surface area contributed by atoms with Gasteiger partial charge >= 0.3 is 5.97 Å². The first-order valence-electron chi connectivity index (χ1n) is 17.0. The maximum Gasteiger partial charge on any atom is 0.354 e. The summed E-state index contributed by atoms with van der Waals surface area (Å²) in [6.07, 6.45) is 11.0. The largest absolute Gasteiger partial charge is 0.477 e. The number of rotatable bonds is 5. The van der Waals surface area contributed by atoms with Crippen LogP contribution in [0.3, 0.4) is 0 Å². The van der Waals surface area contributed by atoms with Crippen LogP contribution < -0.4 is 5.32 Å². The molecule has 0 spiro atoms. The molecule has 2 N–H and O–H groups in total. The first-order chi connectivity index (χ1) is 24.6. The normalized spacial score (nSPS) is 17.3. The van der Waals surface area contributed by atoms with Crippen LogP contribution in [0.2, 0.25) is 10.3 Å². The van der Waals surface area contributed by atoms with Crippen molar-refractivity contribution in [2.75, 3.05) is 13.1 Å². The number of piperidine rings is 2. The first-order valence-corrected chi connectivity index (χ1v) is 17.7. The Bertz CT molecular complexity index is 2140. The van der Waals surface area contributed by atoms with E-state index in [9.17, 15) is 4.79 Å². The molecular weight excluding hydrogens is 687 g/mol. The molecule has 2 fully saturated rings. The van der Waals surface area contributed by atoms with Crippen LogP contribution in [-0.2, 0) is 0 Å². The molecule has 0 aliphatic carbocycles. The van der Waals surface area contributed by atoms with Crippen molar-refractivity contribution < 1.29 is 9.90 Å². The number of hydrogen-bond acceptors (Lipinski definition) is 9. The lowest BCUT2D eigenvalue weighted by molar-refractivity contribution is 0.0690. The molecule has 6 aromatic heterocycles. The lowest BCUT2D eigenvalue weighted by atomic mass is 9.98. The minimum Gasteiger partial charge on any atom is -0.477 e. The zero-order valence-electron chi connectivity index (χ0n) is 28.6.